The van der Waals surface area contributed by atoms with Crippen molar-refractivity contribution < 1.29 is 0 Å². The van der Waals surface area contributed by atoms with Gasteiger partial charge in [0.15, 0.2) is 5.65 Å². The molecule has 6 nitrogen and oxygen atoms in total. The average Bonchev–Trinajstić information content (AvgIpc) is 3.05. The average molecular weight is 335 g/mol. The molecule has 0 aliphatic carbocycles. The zero-order chi connectivity index (χ0) is 13.9. The summed E-state index contributed by atoms with van der Waals surface area (Å²) < 4.78 is 4.76. The number of hydrogen-bond donors (Lipinski definition) is 1. The Kier molecular flexibility index (Phi) is 3.79. The van der Waals surface area contributed by atoms with Gasteiger partial charge in [0.1, 0.15) is 4.60 Å². The summed E-state index contributed by atoms with van der Waals surface area (Å²) in [5.41, 5.74) is 1.96. The molecule has 0 bridgehead atoms. The van der Waals surface area contributed by atoms with Gasteiger partial charge in [-0.15, -0.1) is 0 Å². The highest BCUT2D eigenvalue weighted by atomic mass is 79.9. The van der Waals surface area contributed by atoms with E-state index >= 15 is 0 Å². The molecule has 3 rings (SSSR count). The van der Waals surface area contributed by atoms with Gasteiger partial charge >= 0.3 is 0 Å². The van der Waals surface area contributed by atoms with Crippen molar-refractivity contribution in [1.29, 1.82) is 0 Å². The summed E-state index contributed by atoms with van der Waals surface area (Å²) in [4.78, 5) is 8.50. The molecule has 1 atom stereocenters. The second-order valence-corrected chi connectivity index (χ2v) is 5.51. The zero-order valence-electron chi connectivity index (χ0n) is 11.1. The van der Waals surface area contributed by atoms with Gasteiger partial charge in [0.05, 0.1) is 24.6 Å². The first-order valence-corrected chi connectivity index (χ1v) is 7.20. The highest BCUT2D eigenvalue weighted by Gasteiger charge is 2.07. The van der Waals surface area contributed by atoms with Gasteiger partial charge < -0.3 is 5.32 Å². The molecule has 0 fully saturated rings. The van der Waals surface area contributed by atoms with Crippen LogP contribution in [-0.4, -0.2) is 30.2 Å². The molecule has 1 unspecified atom stereocenters. The molecule has 7 heteroatoms. The van der Waals surface area contributed by atoms with Crippen molar-refractivity contribution >= 4 is 21.6 Å². The SMILES string of the molecule is CC(Cn1cccn1)NCc1cnc2cnc(Br)cn12. The molecular weight excluding hydrogens is 320 g/mol. The van der Waals surface area contributed by atoms with E-state index in [2.05, 4.69) is 43.2 Å². The summed E-state index contributed by atoms with van der Waals surface area (Å²) >= 11 is 3.38. The monoisotopic (exact) mass is 334 g/mol. The Morgan fingerprint density at radius 1 is 1.35 bits per heavy atom. The Morgan fingerprint density at radius 2 is 2.25 bits per heavy atom. The van der Waals surface area contributed by atoms with Crippen molar-refractivity contribution in [3.8, 4) is 0 Å². The highest BCUT2D eigenvalue weighted by Crippen LogP contribution is 2.10. The lowest BCUT2D eigenvalue weighted by Gasteiger charge is -2.13. The minimum atomic E-state index is 0.325. The largest absolute Gasteiger partial charge is 0.307 e. The van der Waals surface area contributed by atoms with Crippen molar-refractivity contribution in [3.63, 3.8) is 0 Å². The van der Waals surface area contributed by atoms with Crippen LogP contribution in [0, 0.1) is 0 Å². The molecule has 0 saturated carbocycles. The van der Waals surface area contributed by atoms with Gasteiger partial charge in [-0.2, -0.15) is 5.10 Å². The predicted molar refractivity (Wildman–Crippen MR) is 79.2 cm³/mol. The lowest BCUT2D eigenvalue weighted by Crippen LogP contribution is -2.30. The third-order valence-corrected chi connectivity index (χ3v) is 3.50. The van der Waals surface area contributed by atoms with Gasteiger partial charge in [-0.25, -0.2) is 9.97 Å². The summed E-state index contributed by atoms with van der Waals surface area (Å²) in [6.07, 6.45) is 9.31. The molecular formula is C13H15BrN6. The molecule has 20 heavy (non-hydrogen) atoms. The van der Waals surface area contributed by atoms with Crippen LogP contribution in [0.3, 0.4) is 0 Å². The fourth-order valence-electron chi connectivity index (χ4n) is 2.08. The minimum Gasteiger partial charge on any atom is -0.307 e. The number of fused-ring (bicyclic) bond motifs is 1. The minimum absolute atomic E-state index is 0.325. The fourth-order valence-corrected chi connectivity index (χ4v) is 2.39. The molecule has 3 aromatic rings. The molecule has 0 spiro atoms. The van der Waals surface area contributed by atoms with Crippen LogP contribution in [0.25, 0.3) is 5.65 Å². The van der Waals surface area contributed by atoms with Crippen LogP contribution in [0.4, 0.5) is 0 Å². The lowest BCUT2D eigenvalue weighted by molar-refractivity contribution is 0.448. The number of halogens is 1. The number of aromatic nitrogens is 5. The van der Waals surface area contributed by atoms with Crippen LogP contribution < -0.4 is 5.32 Å². The van der Waals surface area contributed by atoms with Gasteiger partial charge in [-0.05, 0) is 28.9 Å². The fraction of sp³-hybridized carbons (Fsp3) is 0.308. The molecule has 0 radical (unpaired) electrons. The number of nitrogens with one attached hydrogen (secondary N) is 1. The molecule has 3 aromatic heterocycles. The van der Waals surface area contributed by atoms with E-state index in [0.717, 1.165) is 29.0 Å². The third-order valence-electron chi connectivity index (χ3n) is 3.09. The lowest BCUT2D eigenvalue weighted by atomic mass is 10.3. The second-order valence-electron chi connectivity index (χ2n) is 4.70. The van der Waals surface area contributed by atoms with Crippen LogP contribution >= 0.6 is 15.9 Å². The molecule has 1 N–H and O–H groups in total. The van der Waals surface area contributed by atoms with Crippen LogP contribution in [0.1, 0.15) is 12.6 Å². The normalized spacial score (nSPS) is 12.9. The van der Waals surface area contributed by atoms with E-state index in [9.17, 15) is 0 Å². The highest BCUT2D eigenvalue weighted by molar-refractivity contribution is 9.10. The van der Waals surface area contributed by atoms with E-state index in [4.69, 9.17) is 0 Å². The van der Waals surface area contributed by atoms with E-state index in [1.807, 2.05) is 33.7 Å². The topological polar surface area (TPSA) is 60.0 Å². The maximum Gasteiger partial charge on any atom is 0.155 e. The second kappa shape index (κ2) is 5.72. The summed E-state index contributed by atoms with van der Waals surface area (Å²) in [5.74, 6) is 0. The summed E-state index contributed by atoms with van der Waals surface area (Å²) in [7, 11) is 0. The summed E-state index contributed by atoms with van der Waals surface area (Å²) in [6.45, 7) is 3.73. The third kappa shape index (κ3) is 2.88. The molecule has 0 aliphatic heterocycles. The van der Waals surface area contributed by atoms with Gasteiger partial charge in [0, 0.05) is 31.2 Å². The zero-order valence-corrected chi connectivity index (χ0v) is 12.7. The van der Waals surface area contributed by atoms with Crippen LogP contribution in [0.5, 0.6) is 0 Å². The Labute approximate surface area is 125 Å². The van der Waals surface area contributed by atoms with E-state index in [1.165, 1.54) is 0 Å². The molecule has 0 saturated heterocycles. The van der Waals surface area contributed by atoms with Crippen molar-refractivity contribution in [2.75, 3.05) is 0 Å². The van der Waals surface area contributed by atoms with Gasteiger partial charge in [-0.3, -0.25) is 9.08 Å². The van der Waals surface area contributed by atoms with Gasteiger partial charge in [-0.1, -0.05) is 0 Å². The first-order valence-electron chi connectivity index (χ1n) is 6.40. The van der Waals surface area contributed by atoms with E-state index in [-0.39, 0.29) is 0 Å². The Bertz CT molecular complexity index is 690. The van der Waals surface area contributed by atoms with Crippen molar-refractivity contribution in [3.05, 3.63) is 47.3 Å². The van der Waals surface area contributed by atoms with E-state index < -0.39 is 0 Å². The smallest absolute Gasteiger partial charge is 0.155 e. The van der Waals surface area contributed by atoms with Crippen molar-refractivity contribution in [2.24, 2.45) is 0 Å². The Morgan fingerprint density at radius 3 is 3.05 bits per heavy atom. The quantitative estimate of drug-likeness (QED) is 0.773. The number of hydrogen-bond acceptors (Lipinski definition) is 4. The van der Waals surface area contributed by atoms with Crippen molar-refractivity contribution in [1.82, 2.24) is 29.5 Å². The summed E-state index contributed by atoms with van der Waals surface area (Å²) in [6, 6.07) is 2.26. The first-order chi connectivity index (χ1) is 9.72. The van der Waals surface area contributed by atoms with Crippen LogP contribution in [-0.2, 0) is 13.1 Å². The number of nitrogens with zero attached hydrogens (tertiary/aromatic N) is 5. The maximum atomic E-state index is 4.34. The molecule has 104 valence electrons. The standard InChI is InChI=1S/C13H15BrN6/c1-10(8-19-4-2-3-18-19)15-5-11-6-17-13-7-16-12(14)9-20(11)13/h2-4,6-7,9-10,15H,5,8H2,1H3. The summed E-state index contributed by atoms with van der Waals surface area (Å²) in [5, 5.41) is 7.68. The van der Waals surface area contributed by atoms with Crippen LogP contribution in [0.15, 0.2) is 41.7 Å². The molecule has 0 aliphatic rings. The molecule has 3 heterocycles. The van der Waals surface area contributed by atoms with E-state index in [0.29, 0.717) is 6.04 Å². The van der Waals surface area contributed by atoms with Gasteiger partial charge in [0.25, 0.3) is 0 Å². The maximum absolute atomic E-state index is 4.34. The number of rotatable bonds is 5. The molecule has 0 aromatic carbocycles. The van der Waals surface area contributed by atoms with Crippen molar-refractivity contribution in [2.45, 2.75) is 26.1 Å². The Hall–Kier alpha value is -1.73. The first kappa shape index (κ1) is 13.3. The predicted octanol–water partition coefficient (Wildman–Crippen LogP) is 1.87. The Balaban J connectivity index is 1.66. The van der Waals surface area contributed by atoms with Gasteiger partial charge in [0.2, 0.25) is 0 Å². The number of imidazole rings is 1. The van der Waals surface area contributed by atoms with Crippen LogP contribution in [0.2, 0.25) is 0 Å². The molecule has 0 amide bonds. The van der Waals surface area contributed by atoms with E-state index in [1.54, 1.807) is 12.4 Å².